The summed E-state index contributed by atoms with van der Waals surface area (Å²) in [6.07, 6.45) is 0.144. The smallest absolute Gasteiger partial charge is 0.325 e. The molecule has 2 aromatic carbocycles. The van der Waals surface area contributed by atoms with E-state index in [9.17, 15) is 15.0 Å². The van der Waals surface area contributed by atoms with Crippen molar-refractivity contribution in [2.75, 3.05) is 25.0 Å². The van der Waals surface area contributed by atoms with Gasteiger partial charge >= 0.3 is 5.97 Å². The second-order valence-electron chi connectivity index (χ2n) is 6.50. The average molecular weight is 451 g/mol. The third-order valence-corrected chi connectivity index (χ3v) is 5.01. The Balaban J connectivity index is 1.81. The number of halogens is 1. The molecule has 0 amide bonds. The van der Waals surface area contributed by atoms with Gasteiger partial charge in [-0.25, -0.2) is 0 Å². The maximum atomic E-state index is 11.4. The molecule has 7 heteroatoms. The molecule has 0 bridgehead atoms. The van der Waals surface area contributed by atoms with Crippen LogP contribution in [0, 0.1) is 0 Å². The van der Waals surface area contributed by atoms with Crippen LogP contribution in [0.15, 0.2) is 46.9 Å². The van der Waals surface area contributed by atoms with Crippen molar-refractivity contribution in [3.63, 3.8) is 0 Å². The molecule has 0 saturated carbocycles. The first-order valence-electron chi connectivity index (χ1n) is 9.29. The van der Waals surface area contributed by atoms with E-state index in [0.29, 0.717) is 13.2 Å². The van der Waals surface area contributed by atoms with Crippen LogP contribution < -0.4 is 10.6 Å². The number of carbonyl (C=O) groups excluding carboxylic acids is 1. The Kier molecular flexibility index (Phi) is 8.76. The first-order valence-corrected chi connectivity index (χ1v) is 10.1. The highest BCUT2D eigenvalue weighted by atomic mass is 79.9. The highest BCUT2D eigenvalue weighted by Gasteiger charge is 2.15. The second-order valence-corrected chi connectivity index (χ2v) is 7.36. The van der Waals surface area contributed by atoms with E-state index in [-0.39, 0.29) is 24.3 Å². The molecule has 0 saturated heterocycles. The number of anilines is 1. The lowest BCUT2D eigenvalue weighted by Gasteiger charge is -2.21. The number of esters is 1. The van der Waals surface area contributed by atoms with E-state index < -0.39 is 6.10 Å². The van der Waals surface area contributed by atoms with Crippen molar-refractivity contribution >= 4 is 27.6 Å². The number of aliphatic hydroxyl groups is 1. The summed E-state index contributed by atoms with van der Waals surface area (Å²) < 4.78 is 5.78. The van der Waals surface area contributed by atoms with Crippen LogP contribution in [0.1, 0.15) is 31.1 Å². The van der Waals surface area contributed by atoms with Crippen LogP contribution in [0.3, 0.4) is 0 Å². The quantitative estimate of drug-likeness (QED) is 0.414. The molecule has 2 atom stereocenters. The van der Waals surface area contributed by atoms with Crippen molar-refractivity contribution in [1.29, 1.82) is 0 Å². The third kappa shape index (κ3) is 6.82. The molecule has 0 aliphatic carbocycles. The highest BCUT2D eigenvalue weighted by molar-refractivity contribution is 9.10. The normalized spacial score (nSPS) is 13.0. The summed E-state index contributed by atoms with van der Waals surface area (Å²) in [5, 5.41) is 26.1. The van der Waals surface area contributed by atoms with Crippen molar-refractivity contribution in [1.82, 2.24) is 5.32 Å². The van der Waals surface area contributed by atoms with Gasteiger partial charge in [-0.2, -0.15) is 0 Å². The number of phenolic OH excluding ortho intramolecular Hbond substituents is 1. The van der Waals surface area contributed by atoms with E-state index in [1.165, 1.54) is 0 Å². The monoisotopic (exact) mass is 450 g/mol. The SMILES string of the molecule is CCOC(=O)CNc1ccc(CCN[C@@H](C)[C@H](O)c2ccc(O)cc2)cc1Br. The van der Waals surface area contributed by atoms with Crippen LogP contribution >= 0.6 is 15.9 Å². The highest BCUT2D eigenvalue weighted by Crippen LogP contribution is 2.24. The van der Waals surface area contributed by atoms with Gasteiger partial charge in [0.15, 0.2) is 0 Å². The van der Waals surface area contributed by atoms with Crippen LogP contribution in [-0.4, -0.2) is 41.9 Å². The molecule has 152 valence electrons. The van der Waals surface area contributed by atoms with Crippen LogP contribution in [0.5, 0.6) is 5.75 Å². The van der Waals surface area contributed by atoms with Gasteiger partial charge in [-0.05, 0) is 78.1 Å². The van der Waals surface area contributed by atoms with Crippen molar-refractivity contribution in [2.45, 2.75) is 32.4 Å². The van der Waals surface area contributed by atoms with Gasteiger partial charge in [-0.1, -0.05) is 18.2 Å². The summed E-state index contributed by atoms with van der Waals surface area (Å²) in [7, 11) is 0. The number of rotatable bonds is 10. The van der Waals surface area contributed by atoms with Gasteiger partial charge in [0.05, 0.1) is 12.7 Å². The zero-order valence-electron chi connectivity index (χ0n) is 16.1. The molecule has 0 fully saturated rings. The van der Waals surface area contributed by atoms with Crippen molar-refractivity contribution in [2.24, 2.45) is 0 Å². The molecule has 4 N–H and O–H groups in total. The molecule has 0 radical (unpaired) electrons. The fourth-order valence-electron chi connectivity index (χ4n) is 2.75. The fourth-order valence-corrected chi connectivity index (χ4v) is 3.32. The molecular formula is C21H27BrN2O4. The minimum atomic E-state index is -0.651. The Morgan fingerprint density at radius 2 is 1.93 bits per heavy atom. The van der Waals surface area contributed by atoms with E-state index in [2.05, 4.69) is 26.6 Å². The van der Waals surface area contributed by atoms with Gasteiger partial charge in [-0.15, -0.1) is 0 Å². The lowest BCUT2D eigenvalue weighted by molar-refractivity contribution is -0.140. The number of aromatic hydroxyl groups is 1. The van der Waals surface area contributed by atoms with Gasteiger partial charge in [-0.3, -0.25) is 4.79 Å². The van der Waals surface area contributed by atoms with Crippen molar-refractivity contribution in [3.8, 4) is 5.75 Å². The lowest BCUT2D eigenvalue weighted by atomic mass is 10.0. The van der Waals surface area contributed by atoms with Crippen LogP contribution in [0.4, 0.5) is 5.69 Å². The fraction of sp³-hybridized carbons (Fsp3) is 0.381. The predicted octanol–water partition coefficient (Wildman–Crippen LogP) is 3.38. The van der Waals surface area contributed by atoms with Crippen molar-refractivity contribution < 1.29 is 19.7 Å². The number of nitrogens with one attached hydrogen (secondary N) is 2. The number of hydrogen-bond donors (Lipinski definition) is 4. The van der Waals surface area contributed by atoms with Crippen molar-refractivity contribution in [3.05, 3.63) is 58.1 Å². The first kappa shape index (κ1) is 22.2. The van der Waals surface area contributed by atoms with E-state index in [4.69, 9.17) is 4.74 Å². The zero-order chi connectivity index (χ0) is 20.5. The second kappa shape index (κ2) is 11.0. The molecule has 0 unspecified atom stereocenters. The number of hydrogen-bond acceptors (Lipinski definition) is 6. The predicted molar refractivity (Wildman–Crippen MR) is 114 cm³/mol. The van der Waals surface area contributed by atoms with Gasteiger partial charge in [0.25, 0.3) is 0 Å². The first-order chi connectivity index (χ1) is 13.4. The molecule has 0 aliphatic rings. The van der Waals surface area contributed by atoms with Gasteiger partial charge in [0.2, 0.25) is 0 Å². The minimum Gasteiger partial charge on any atom is -0.508 e. The topological polar surface area (TPSA) is 90.8 Å². The average Bonchev–Trinajstić information content (AvgIpc) is 2.67. The third-order valence-electron chi connectivity index (χ3n) is 4.35. The Bertz CT molecular complexity index is 768. The van der Waals surface area contributed by atoms with E-state index in [0.717, 1.165) is 27.7 Å². The molecule has 2 rings (SSSR count). The summed E-state index contributed by atoms with van der Waals surface area (Å²) in [5.41, 5.74) is 2.73. The maximum absolute atomic E-state index is 11.4. The Labute approximate surface area is 174 Å². The minimum absolute atomic E-state index is 0.125. The molecular weight excluding hydrogens is 424 g/mol. The largest absolute Gasteiger partial charge is 0.508 e. The summed E-state index contributed by atoms with van der Waals surface area (Å²) in [6, 6.07) is 12.4. The number of phenols is 1. The van der Waals surface area contributed by atoms with Gasteiger partial charge < -0.3 is 25.6 Å². The standard InChI is InChI=1S/C21H27BrN2O4/c1-3-28-20(26)13-24-19-9-4-15(12-18(19)22)10-11-23-14(2)21(27)16-5-7-17(25)8-6-16/h4-9,12,14,21,23-25,27H,3,10-11,13H2,1-2H3/t14-,21-/m0/s1. The molecule has 0 aliphatic heterocycles. The Hall–Kier alpha value is -2.09. The summed E-state index contributed by atoms with van der Waals surface area (Å²) >= 11 is 3.52. The number of benzene rings is 2. The van der Waals surface area contributed by atoms with Gasteiger partial charge in [0, 0.05) is 16.2 Å². The summed E-state index contributed by atoms with van der Waals surface area (Å²) in [4.78, 5) is 11.4. The van der Waals surface area contributed by atoms with E-state index in [1.54, 1.807) is 31.2 Å². The molecule has 0 aromatic heterocycles. The Morgan fingerprint density at radius 1 is 1.21 bits per heavy atom. The van der Waals surface area contributed by atoms with Crippen LogP contribution in [0.2, 0.25) is 0 Å². The summed E-state index contributed by atoms with van der Waals surface area (Å²) in [6.45, 7) is 4.91. The van der Waals surface area contributed by atoms with Crippen LogP contribution in [0.25, 0.3) is 0 Å². The molecule has 0 spiro atoms. The maximum Gasteiger partial charge on any atom is 0.325 e. The molecule has 2 aromatic rings. The molecule has 6 nitrogen and oxygen atoms in total. The number of ether oxygens (including phenoxy) is 1. The number of carbonyl (C=O) groups is 1. The van der Waals surface area contributed by atoms with Crippen LogP contribution in [-0.2, 0) is 16.0 Å². The zero-order valence-corrected chi connectivity index (χ0v) is 17.7. The molecule has 0 heterocycles. The summed E-state index contributed by atoms with van der Waals surface area (Å²) in [5.74, 6) is -0.105. The number of aliphatic hydroxyl groups excluding tert-OH is 1. The van der Waals surface area contributed by atoms with E-state index >= 15 is 0 Å². The van der Waals surface area contributed by atoms with Gasteiger partial charge in [0.1, 0.15) is 12.3 Å². The Morgan fingerprint density at radius 3 is 2.57 bits per heavy atom. The van der Waals surface area contributed by atoms with E-state index in [1.807, 2.05) is 25.1 Å². The lowest BCUT2D eigenvalue weighted by Crippen LogP contribution is -2.33. The molecule has 28 heavy (non-hydrogen) atoms.